The summed E-state index contributed by atoms with van der Waals surface area (Å²) in [6.07, 6.45) is 1.43. The van der Waals surface area contributed by atoms with Gasteiger partial charge in [-0.1, -0.05) is 22.0 Å². The Hall–Kier alpha value is -2.47. The Morgan fingerprint density at radius 1 is 1.14 bits per heavy atom. The SMILES string of the molecule is Cc1cccc(/N=C/c2nc(-c3ccc(Br)cc3)oc2O)n1. The Labute approximate surface area is 135 Å². The summed E-state index contributed by atoms with van der Waals surface area (Å²) in [4.78, 5) is 12.7. The van der Waals surface area contributed by atoms with E-state index in [2.05, 4.69) is 30.9 Å². The van der Waals surface area contributed by atoms with Crippen LogP contribution in [0.2, 0.25) is 0 Å². The highest BCUT2D eigenvalue weighted by molar-refractivity contribution is 9.10. The number of benzene rings is 1. The molecule has 0 spiro atoms. The zero-order valence-corrected chi connectivity index (χ0v) is 13.3. The molecule has 1 aromatic carbocycles. The van der Waals surface area contributed by atoms with Crippen molar-refractivity contribution in [3.63, 3.8) is 0 Å². The number of oxazole rings is 1. The fourth-order valence-electron chi connectivity index (χ4n) is 1.85. The molecule has 5 nitrogen and oxygen atoms in total. The monoisotopic (exact) mass is 357 g/mol. The zero-order valence-electron chi connectivity index (χ0n) is 11.7. The van der Waals surface area contributed by atoms with Gasteiger partial charge >= 0.3 is 5.95 Å². The first kappa shape index (κ1) is 14.5. The van der Waals surface area contributed by atoms with E-state index in [4.69, 9.17) is 4.42 Å². The van der Waals surface area contributed by atoms with Gasteiger partial charge in [-0.2, -0.15) is 0 Å². The maximum Gasteiger partial charge on any atom is 0.312 e. The Morgan fingerprint density at radius 2 is 1.91 bits per heavy atom. The van der Waals surface area contributed by atoms with Gasteiger partial charge in [0.15, 0.2) is 11.5 Å². The van der Waals surface area contributed by atoms with E-state index in [9.17, 15) is 5.11 Å². The maximum atomic E-state index is 9.83. The van der Waals surface area contributed by atoms with Crippen molar-refractivity contribution in [2.45, 2.75) is 6.92 Å². The minimum atomic E-state index is -0.269. The van der Waals surface area contributed by atoms with Crippen LogP contribution in [0.3, 0.4) is 0 Å². The van der Waals surface area contributed by atoms with Crippen LogP contribution in [0, 0.1) is 6.92 Å². The average Bonchev–Trinajstić information content (AvgIpc) is 2.87. The van der Waals surface area contributed by atoms with Gasteiger partial charge in [0.1, 0.15) is 0 Å². The van der Waals surface area contributed by atoms with Crippen molar-refractivity contribution in [3.05, 3.63) is 58.3 Å². The van der Waals surface area contributed by atoms with E-state index < -0.39 is 0 Å². The van der Waals surface area contributed by atoms with Crippen LogP contribution in [0.5, 0.6) is 5.95 Å². The number of hydrogen-bond donors (Lipinski definition) is 1. The van der Waals surface area contributed by atoms with Crippen LogP contribution in [0.15, 0.2) is 56.3 Å². The standard InChI is InChI=1S/C16H12BrN3O2/c1-10-3-2-4-14(19-10)18-9-13-16(21)22-15(20-13)11-5-7-12(17)8-6-11/h2-9,21H,1H3/b18-9+. The molecule has 0 radical (unpaired) electrons. The van der Waals surface area contributed by atoms with Crippen molar-refractivity contribution in [2.75, 3.05) is 0 Å². The summed E-state index contributed by atoms with van der Waals surface area (Å²) in [6, 6.07) is 13.0. The molecule has 3 rings (SSSR count). The van der Waals surface area contributed by atoms with Crippen LogP contribution in [-0.4, -0.2) is 21.3 Å². The van der Waals surface area contributed by atoms with Gasteiger partial charge in [0, 0.05) is 15.7 Å². The predicted molar refractivity (Wildman–Crippen MR) is 87.5 cm³/mol. The fraction of sp³-hybridized carbons (Fsp3) is 0.0625. The Kier molecular flexibility index (Phi) is 4.02. The van der Waals surface area contributed by atoms with Crippen molar-refractivity contribution in [3.8, 4) is 17.4 Å². The summed E-state index contributed by atoms with van der Waals surface area (Å²) >= 11 is 3.37. The van der Waals surface area contributed by atoms with E-state index in [0.29, 0.717) is 11.7 Å². The van der Waals surface area contributed by atoms with Crippen molar-refractivity contribution in [1.29, 1.82) is 0 Å². The van der Waals surface area contributed by atoms with E-state index in [0.717, 1.165) is 15.7 Å². The molecule has 6 heteroatoms. The largest absolute Gasteiger partial charge is 0.479 e. The first-order chi connectivity index (χ1) is 10.6. The van der Waals surface area contributed by atoms with E-state index >= 15 is 0 Å². The highest BCUT2D eigenvalue weighted by atomic mass is 79.9. The van der Waals surface area contributed by atoms with Gasteiger partial charge < -0.3 is 9.52 Å². The van der Waals surface area contributed by atoms with Gasteiger partial charge in [-0.25, -0.2) is 15.0 Å². The van der Waals surface area contributed by atoms with Gasteiger partial charge in [-0.05, 0) is 43.3 Å². The number of aromatic nitrogens is 2. The predicted octanol–water partition coefficient (Wildman–Crippen LogP) is 4.26. The third-order valence-electron chi connectivity index (χ3n) is 2.92. The third kappa shape index (κ3) is 3.23. The summed E-state index contributed by atoms with van der Waals surface area (Å²) in [5, 5.41) is 9.83. The normalized spacial score (nSPS) is 11.2. The van der Waals surface area contributed by atoms with Crippen LogP contribution < -0.4 is 0 Å². The van der Waals surface area contributed by atoms with E-state index in [-0.39, 0.29) is 11.6 Å². The van der Waals surface area contributed by atoms with E-state index in [1.165, 1.54) is 6.21 Å². The van der Waals surface area contributed by atoms with Crippen LogP contribution in [0.25, 0.3) is 11.5 Å². The van der Waals surface area contributed by atoms with Crippen molar-refractivity contribution < 1.29 is 9.52 Å². The minimum absolute atomic E-state index is 0.265. The van der Waals surface area contributed by atoms with Gasteiger partial charge in [0.05, 0.1) is 6.21 Å². The van der Waals surface area contributed by atoms with E-state index in [1.54, 1.807) is 6.07 Å². The highest BCUT2D eigenvalue weighted by Gasteiger charge is 2.12. The molecule has 0 saturated heterocycles. The first-order valence-electron chi connectivity index (χ1n) is 6.55. The molecule has 0 bridgehead atoms. The second-order valence-electron chi connectivity index (χ2n) is 4.61. The molecule has 110 valence electrons. The Morgan fingerprint density at radius 3 is 2.64 bits per heavy atom. The fourth-order valence-corrected chi connectivity index (χ4v) is 2.12. The molecule has 0 atom stereocenters. The lowest BCUT2D eigenvalue weighted by Gasteiger charge is -1.94. The maximum absolute atomic E-state index is 9.83. The molecular weight excluding hydrogens is 346 g/mol. The van der Waals surface area contributed by atoms with Crippen LogP contribution in [-0.2, 0) is 0 Å². The number of nitrogens with zero attached hydrogens (tertiary/aromatic N) is 3. The van der Waals surface area contributed by atoms with E-state index in [1.807, 2.05) is 43.3 Å². The minimum Gasteiger partial charge on any atom is -0.479 e. The first-order valence-corrected chi connectivity index (χ1v) is 7.34. The zero-order chi connectivity index (χ0) is 15.5. The molecule has 0 aliphatic heterocycles. The van der Waals surface area contributed by atoms with Gasteiger partial charge in [0.2, 0.25) is 5.89 Å². The Bertz CT molecular complexity index is 826. The summed E-state index contributed by atoms with van der Waals surface area (Å²) in [6.45, 7) is 1.89. The average molecular weight is 358 g/mol. The molecule has 0 amide bonds. The summed E-state index contributed by atoms with van der Waals surface area (Å²) in [5.41, 5.74) is 1.91. The lowest BCUT2D eigenvalue weighted by Crippen LogP contribution is -1.84. The highest BCUT2D eigenvalue weighted by Crippen LogP contribution is 2.26. The van der Waals surface area contributed by atoms with Crippen LogP contribution >= 0.6 is 15.9 Å². The smallest absolute Gasteiger partial charge is 0.312 e. The topological polar surface area (TPSA) is 71.5 Å². The molecule has 1 N–H and O–H groups in total. The van der Waals surface area contributed by atoms with Crippen molar-refractivity contribution in [1.82, 2.24) is 9.97 Å². The number of rotatable bonds is 3. The molecule has 0 unspecified atom stereocenters. The number of pyridine rings is 1. The molecule has 3 aromatic rings. The molecule has 22 heavy (non-hydrogen) atoms. The molecule has 2 aromatic heterocycles. The summed E-state index contributed by atoms with van der Waals surface area (Å²) in [7, 11) is 0. The van der Waals surface area contributed by atoms with Gasteiger partial charge in [0.25, 0.3) is 0 Å². The van der Waals surface area contributed by atoms with Crippen molar-refractivity contribution >= 4 is 28.0 Å². The molecule has 0 fully saturated rings. The second-order valence-corrected chi connectivity index (χ2v) is 5.53. The lowest BCUT2D eigenvalue weighted by atomic mass is 10.2. The summed E-state index contributed by atoms with van der Waals surface area (Å²) < 4.78 is 6.23. The molecule has 0 aliphatic rings. The van der Waals surface area contributed by atoms with Gasteiger partial charge in [-0.15, -0.1) is 0 Å². The third-order valence-corrected chi connectivity index (χ3v) is 3.45. The van der Waals surface area contributed by atoms with Gasteiger partial charge in [-0.3, -0.25) is 0 Å². The summed E-state index contributed by atoms with van der Waals surface area (Å²) in [5.74, 6) is 0.616. The molecular formula is C16H12BrN3O2. The number of hydrogen-bond acceptors (Lipinski definition) is 5. The number of aromatic hydroxyl groups is 1. The lowest BCUT2D eigenvalue weighted by molar-refractivity contribution is 0.337. The molecule has 2 heterocycles. The van der Waals surface area contributed by atoms with Crippen LogP contribution in [0.4, 0.5) is 5.82 Å². The molecule has 0 saturated carbocycles. The molecule has 0 aliphatic carbocycles. The Balaban J connectivity index is 1.88. The van der Waals surface area contributed by atoms with Crippen molar-refractivity contribution in [2.24, 2.45) is 4.99 Å². The quantitative estimate of drug-likeness (QED) is 0.710. The number of halogens is 1. The van der Waals surface area contributed by atoms with Crippen LogP contribution in [0.1, 0.15) is 11.4 Å². The number of aryl methyl sites for hydroxylation is 1. The second kappa shape index (κ2) is 6.11. The number of aliphatic imine (C=N–C) groups is 1.